The molecule has 1 aliphatic rings. The van der Waals surface area contributed by atoms with Gasteiger partial charge in [-0.05, 0) is 37.1 Å². The lowest BCUT2D eigenvalue weighted by Crippen LogP contribution is -2.26. The molecule has 0 spiro atoms. The average Bonchev–Trinajstić information content (AvgIpc) is 3.08. The Morgan fingerprint density at radius 2 is 1.93 bits per heavy atom. The summed E-state index contributed by atoms with van der Waals surface area (Å²) in [6.45, 7) is 4.32. The Morgan fingerprint density at radius 1 is 1.27 bits per heavy atom. The van der Waals surface area contributed by atoms with Crippen LogP contribution >= 0.6 is 0 Å². The van der Waals surface area contributed by atoms with Crippen LogP contribution in [-0.2, 0) is 5.41 Å². The van der Waals surface area contributed by atoms with Gasteiger partial charge in [0.15, 0.2) is 0 Å². The van der Waals surface area contributed by atoms with Crippen LogP contribution in [0.4, 0.5) is 0 Å². The number of hydrogen-bond donors (Lipinski definition) is 1. The summed E-state index contributed by atoms with van der Waals surface area (Å²) in [6, 6.07) is 8.51. The number of rotatable bonds is 5. The second kappa shape index (κ2) is 4.23. The topological polar surface area (TPSA) is 21.3 Å². The van der Waals surface area contributed by atoms with Crippen molar-refractivity contribution >= 4 is 0 Å². The molecule has 0 bridgehead atoms. The molecule has 0 atom stereocenters. The number of likely N-dealkylation sites (N-methyl/N-ethyl adjacent to an activating group) is 1. The van der Waals surface area contributed by atoms with Crippen LogP contribution in [0, 0.1) is 0 Å². The van der Waals surface area contributed by atoms with E-state index in [4.69, 9.17) is 4.74 Å². The van der Waals surface area contributed by atoms with E-state index in [-0.39, 0.29) is 0 Å². The number of nitrogens with one attached hydrogen (secondary N) is 1. The van der Waals surface area contributed by atoms with Crippen molar-refractivity contribution in [2.24, 2.45) is 0 Å². The summed E-state index contributed by atoms with van der Waals surface area (Å²) in [5, 5.41) is 3.45. The molecule has 2 rings (SSSR count). The lowest BCUT2D eigenvalue weighted by atomic mass is 9.96. The fraction of sp³-hybridized carbons (Fsp3) is 0.538. The summed E-state index contributed by atoms with van der Waals surface area (Å²) >= 11 is 0. The molecule has 1 saturated carbocycles. The van der Waals surface area contributed by atoms with Gasteiger partial charge in [0.05, 0.1) is 7.11 Å². The molecule has 0 aliphatic heterocycles. The molecule has 82 valence electrons. The minimum absolute atomic E-state index is 0.419. The van der Waals surface area contributed by atoms with Crippen LogP contribution in [-0.4, -0.2) is 20.2 Å². The van der Waals surface area contributed by atoms with Crippen LogP contribution < -0.4 is 10.1 Å². The fourth-order valence-corrected chi connectivity index (χ4v) is 2.03. The third kappa shape index (κ3) is 2.15. The standard InChI is InChI=1S/C13H19NO/c1-3-14-10-13(8-9-13)11-4-6-12(15-2)7-5-11/h4-7,14H,3,8-10H2,1-2H3. The van der Waals surface area contributed by atoms with Gasteiger partial charge in [0.1, 0.15) is 5.75 Å². The van der Waals surface area contributed by atoms with Gasteiger partial charge in [0.2, 0.25) is 0 Å². The first-order valence-corrected chi connectivity index (χ1v) is 5.66. The van der Waals surface area contributed by atoms with E-state index in [2.05, 4.69) is 36.5 Å². The molecule has 15 heavy (non-hydrogen) atoms. The van der Waals surface area contributed by atoms with Crippen molar-refractivity contribution in [3.63, 3.8) is 0 Å². The number of benzene rings is 1. The first-order chi connectivity index (χ1) is 7.30. The smallest absolute Gasteiger partial charge is 0.118 e. The maximum atomic E-state index is 5.17. The summed E-state index contributed by atoms with van der Waals surface area (Å²) in [6.07, 6.45) is 2.62. The van der Waals surface area contributed by atoms with E-state index in [9.17, 15) is 0 Å². The fourth-order valence-electron chi connectivity index (χ4n) is 2.03. The molecule has 0 amide bonds. The van der Waals surface area contributed by atoms with Gasteiger partial charge >= 0.3 is 0 Å². The third-order valence-corrected chi connectivity index (χ3v) is 3.27. The summed E-state index contributed by atoms with van der Waals surface area (Å²) in [5.41, 5.74) is 1.87. The highest BCUT2D eigenvalue weighted by atomic mass is 16.5. The maximum Gasteiger partial charge on any atom is 0.118 e. The van der Waals surface area contributed by atoms with Gasteiger partial charge in [-0.25, -0.2) is 0 Å². The van der Waals surface area contributed by atoms with Crippen molar-refractivity contribution < 1.29 is 4.74 Å². The van der Waals surface area contributed by atoms with Gasteiger partial charge in [-0.1, -0.05) is 19.1 Å². The number of methoxy groups -OCH3 is 1. The van der Waals surface area contributed by atoms with Gasteiger partial charge in [-0.2, -0.15) is 0 Å². The van der Waals surface area contributed by atoms with Crippen molar-refractivity contribution in [1.82, 2.24) is 5.32 Å². The number of ether oxygens (including phenoxy) is 1. The Morgan fingerprint density at radius 3 is 2.40 bits per heavy atom. The SMILES string of the molecule is CCNCC1(c2ccc(OC)cc2)CC1. The van der Waals surface area contributed by atoms with Crippen molar-refractivity contribution in [2.45, 2.75) is 25.2 Å². The van der Waals surface area contributed by atoms with Crippen LogP contribution in [0.1, 0.15) is 25.3 Å². The normalized spacial score (nSPS) is 17.5. The predicted molar refractivity (Wildman–Crippen MR) is 62.4 cm³/mol. The van der Waals surface area contributed by atoms with E-state index in [1.807, 2.05) is 0 Å². The Bertz CT molecular complexity index is 314. The minimum atomic E-state index is 0.419. The second-order valence-electron chi connectivity index (χ2n) is 4.29. The molecule has 0 heterocycles. The van der Waals surface area contributed by atoms with Crippen molar-refractivity contribution in [3.8, 4) is 5.75 Å². The zero-order valence-electron chi connectivity index (χ0n) is 9.55. The zero-order chi connectivity index (χ0) is 10.7. The molecule has 0 unspecified atom stereocenters. The molecule has 1 aromatic rings. The quantitative estimate of drug-likeness (QED) is 0.796. The molecule has 1 aliphatic carbocycles. The highest BCUT2D eigenvalue weighted by Crippen LogP contribution is 2.47. The largest absolute Gasteiger partial charge is 0.497 e. The summed E-state index contributed by atoms with van der Waals surface area (Å²) in [5.74, 6) is 0.943. The van der Waals surface area contributed by atoms with E-state index in [1.54, 1.807) is 7.11 Å². The highest BCUT2D eigenvalue weighted by molar-refractivity contribution is 5.36. The molecule has 1 N–H and O–H groups in total. The van der Waals surface area contributed by atoms with Crippen LogP contribution in [0.25, 0.3) is 0 Å². The first-order valence-electron chi connectivity index (χ1n) is 5.66. The molecule has 2 nitrogen and oxygen atoms in total. The molecule has 1 fully saturated rings. The molecule has 1 aromatic carbocycles. The molecular formula is C13H19NO. The van der Waals surface area contributed by atoms with Crippen LogP contribution in [0.15, 0.2) is 24.3 Å². The second-order valence-corrected chi connectivity index (χ2v) is 4.29. The lowest BCUT2D eigenvalue weighted by Gasteiger charge is -2.16. The summed E-state index contributed by atoms with van der Waals surface area (Å²) < 4.78 is 5.17. The van der Waals surface area contributed by atoms with Crippen molar-refractivity contribution in [3.05, 3.63) is 29.8 Å². The Kier molecular flexibility index (Phi) is 2.96. The third-order valence-electron chi connectivity index (χ3n) is 3.27. The molecule has 0 aromatic heterocycles. The van der Waals surface area contributed by atoms with Crippen molar-refractivity contribution in [2.75, 3.05) is 20.2 Å². The maximum absolute atomic E-state index is 5.17. The highest BCUT2D eigenvalue weighted by Gasteiger charge is 2.43. The van der Waals surface area contributed by atoms with Gasteiger partial charge in [0, 0.05) is 12.0 Å². The van der Waals surface area contributed by atoms with E-state index in [0.717, 1.165) is 18.8 Å². The average molecular weight is 205 g/mol. The van der Waals surface area contributed by atoms with Crippen LogP contribution in [0.5, 0.6) is 5.75 Å². The number of hydrogen-bond acceptors (Lipinski definition) is 2. The van der Waals surface area contributed by atoms with Gasteiger partial charge in [0.25, 0.3) is 0 Å². The monoisotopic (exact) mass is 205 g/mol. The summed E-state index contributed by atoms with van der Waals surface area (Å²) in [4.78, 5) is 0. The predicted octanol–water partition coefficient (Wildman–Crippen LogP) is 2.34. The zero-order valence-corrected chi connectivity index (χ0v) is 9.55. The van der Waals surface area contributed by atoms with E-state index in [0.29, 0.717) is 5.41 Å². The molecule has 0 saturated heterocycles. The van der Waals surface area contributed by atoms with E-state index < -0.39 is 0 Å². The molecule has 0 radical (unpaired) electrons. The Labute approximate surface area is 91.6 Å². The van der Waals surface area contributed by atoms with E-state index in [1.165, 1.54) is 18.4 Å². The van der Waals surface area contributed by atoms with Crippen LogP contribution in [0.3, 0.4) is 0 Å². The van der Waals surface area contributed by atoms with E-state index >= 15 is 0 Å². The van der Waals surface area contributed by atoms with Crippen LogP contribution in [0.2, 0.25) is 0 Å². The summed E-state index contributed by atoms with van der Waals surface area (Å²) in [7, 11) is 1.71. The Balaban J connectivity index is 2.08. The Hall–Kier alpha value is -1.02. The molecule has 2 heteroatoms. The minimum Gasteiger partial charge on any atom is -0.497 e. The van der Waals surface area contributed by atoms with Crippen molar-refractivity contribution in [1.29, 1.82) is 0 Å². The van der Waals surface area contributed by atoms with Gasteiger partial charge in [-0.3, -0.25) is 0 Å². The first kappa shape index (κ1) is 10.5. The molecular weight excluding hydrogens is 186 g/mol. The van der Waals surface area contributed by atoms with Gasteiger partial charge in [-0.15, -0.1) is 0 Å². The lowest BCUT2D eigenvalue weighted by molar-refractivity contribution is 0.414. The van der Waals surface area contributed by atoms with Gasteiger partial charge < -0.3 is 10.1 Å².